The predicted octanol–water partition coefficient (Wildman–Crippen LogP) is 5.15. The molecule has 2 N–H and O–H groups in total. The highest BCUT2D eigenvalue weighted by Gasteiger charge is 2.27. The Hall–Kier alpha value is -2.49. The van der Waals surface area contributed by atoms with Gasteiger partial charge in [-0.15, -0.1) is 0 Å². The molecule has 126 valence electrons. The zero-order chi connectivity index (χ0) is 17.2. The molecule has 0 amide bonds. The van der Waals surface area contributed by atoms with Gasteiger partial charge in [-0.1, -0.05) is 54.1 Å². The van der Waals surface area contributed by atoms with Crippen molar-refractivity contribution in [3.05, 3.63) is 94.5 Å². The summed E-state index contributed by atoms with van der Waals surface area (Å²) in [5.74, 6) is 0.853. The van der Waals surface area contributed by atoms with Gasteiger partial charge >= 0.3 is 0 Å². The highest BCUT2D eigenvalue weighted by molar-refractivity contribution is 6.30. The average molecular weight is 351 g/mol. The van der Waals surface area contributed by atoms with Crippen molar-refractivity contribution in [1.29, 1.82) is 0 Å². The van der Waals surface area contributed by atoms with E-state index in [4.69, 9.17) is 16.3 Å². The molecule has 1 aliphatic heterocycles. The van der Waals surface area contributed by atoms with E-state index in [-0.39, 0.29) is 12.2 Å². The summed E-state index contributed by atoms with van der Waals surface area (Å²) in [5.41, 5.74) is 4.62. The second-order valence-corrected chi connectivity index (χ2v) is 6.53. The van der Waals surface area contributed by atoms with Gasteiger partial charge in [-0.3, -0.25) is 5.32 Å². The molecule has 0 saturated heterocycles. The molecule has 2 unspecified atom stereocenters. The van der Waals surface area contributed by atoms with Crippen LogP contribution in [0.15, 0.2) is 72.8 Å². The molecule has 3 aromatic carbocycles. The lowest BCUT2D eigenvalue weighted by Crippen LogP contribution is -2.37. The number of hydrogen-bond acceptors (Lipinski definition) is 3. The molecule has 25 heavy (non-hydrogen) atoms. The van der Waals surface area contributed by atoms with E-state index in [0.29, 0.717) is 0 Å². The smallest absolute Gasteiger partial charge is 0.118 e. The quantitative estimate of drug-likeness (QED) is 0.685. The summed E-state index contributed by atoms with van der Waals surface area (Å²) in [7, 11) is 1.68. The molecule has 4 heteroatoms. The fraction of sp³-hybridized carbons (Fsp3) is 0.143. The standard InChI is InChI=1S/C21H19ClN2O/c1-25-17-10-7-15(8-11-17)21-23-19-12-9-16(22)13-18(19)20(24-21)14-5-3-2-4-6-14/h2-13,20-21,23-24H,1H3. The Morgan fingerprint density at radius 3 is 2.36 bits per heavy atom. The van der Waals surface area contributed by atoms with Gasteiger partial charge in [-0.2, -0.15) is 0 Å². The Morgan fingerprint density at radius 1 is 0.880 bits per heavy atom. The van der Waals surface area contributed by atoms with Crippen LogP contribution in [-0.2, 0) is 0 Å². The number of fused-ring (bicyclic) bond motifs is 1. The van der Waals surface area contributed by atoms with Gasteiger partial charge < -0.3 is 10.1 Å². The highest BCUT2D eigenvalue weighted by Crippen LogP contribution is 2.38. The maximum Gasteiger partial charge on any atom is 0.118 e. The molecule has 0 spiro atoms. The summed E-state index contributed by atoms with van der Waals surface area (Å²) in [6, 6.07) is 24.6. The van der Waals surface area contributed by atoms with Crippen molar-refractivity contribution in [3.63, 3.8) is 0 Å². The van der Waals surface area contributed by atoms with Crippen molar-refractivity contribution in [2.75, 3.05) is 12.4 Å². The molecule has 0 aliphatic carbocycles. The van der Waals surface area contributed by atoms with Gasteiger partial charge in [-0.25, -0.2) is 0 Å². The molecule has 0 fully saturated rings. The van der Waals surface area contributed by atoms with Gasteiger partial charge in [0.15, 0.2) is 0 Å². The van der Waals surface area contributed by atoms with E-state index < -0.39 is 0 Å². The van der Waals surface area contributed by atoms with E-state index in [0.717, 1.165) is 27.6 Å². The van der Waals surface area contributed by atoms with Crippen molar-refractivity contribution in [3.8, 4) is 5.75 Å². The second-order valence-electron chi connectivity index (χ2n) is 6.09. The van der Waals surface area contributed by atoms with E-state index in [9.17, 15) is 0 Å². The van der Waals surface area contributed by atoms with Crippen molar-refractivity contribution < 1.29 is 4.74 Å². The summed E-state index contributed by atoms with van der Waals surface area (Å²) in [5, 5.41) is 8.01. The molecule has 0 radical (unpaired) electrons. The number of rotatable bonds is 3. The molecule has 4 rings (SSSR count). The number of ether oxygens (including phenoxy) is 1. The van der Waals surface area contributed by atoms with Gasteiger partial charge in [0.1, 0.15) is 11.9 Å². The van der Waals surface area contributed by atoms with Gasteiger partial charge in [0.05, 0.1) is 13.2 Å². The van der Waals surface area contributed by atoms with Gasteiger partial charge in [-0.05, 0) is 47.0 Å². The highest BCUT2D eigenvalue weighted by atomic mass is 35.5. The van der Waals surface area contributed by atoms with Crippen LogP contribution in [0.3, 0.4) is 0 Å². The van der Waals surface area contributed by atoms with Crippen molar-refractivity contribution in [2.45, 2.75) is 12.2 Å². The van der Waals surface area contributed by atoms with E-state index in [2.05, 4.69) is 47.0 Å². The molecule has 3 aromatic rings. The molecule has 0 bridgehead atoms. The van der Waals surface area contributed by atoms with Crippen LogP contribution in [0.4, 0.5) is 5.69 Å². The van der Waals surface area contributed by atoms with E-state index in [1.807, 2.05) is 36.4 Å². The number of nitrogens with one attached hydrogen (secondary N) is 2. The zero-order valence-corrected chi connectivity index (χ0v) is 14.6. The first-order valence-electron chi connectivity index (χ1n) is 8.25. The largest absolute Gasteiger partial charge is 0.497 e. The fourth-order valence-electron chi connectivity index (χ4n) is 3.25. The van der Waals surface area contributed by atoms with Gasteiger partial charge in [0.2, 0.25) is 0 Å². The number of anilines is 1. The Balaban J connectivity index is 1.74. The molecule has 0 aromatic heterocycles. The van der Waals surface area contributed by atoms with E-state index in [1.54, 1.807) is 7.11 Å². The lowest BCUT2D eigenvalue weighted by molar-refractivity contribution is 0.414. The second kappa shape index (κ2) is 6.79. The van der Waals surface area contributed by atoms with Crippen LogP contribution in [0.1, 0.15) is 28.9 Å². The SMILES string of the molecule is COc1ccc(C2Nc3ccc(Cl)cc3C(c3ccccc3)N2)cc1. The number of benzene rings is 3. The Labute approximate surface area is 152 Å². The first-order valence-corrected chi connectivity index (χ1v) is 8.63. The molecule has 1 heterocycles. The third-order valence-electron chi connectivity index (χ3n) is 4.54. The summed E-state index contributed by atoms with van der Waals surface area (Å²) in [6.45, 7) is 0. The Bertz CT molecular complexity index is 865. The van der Waals surface area contributed by atoms with Crippen molar-refractivity contribution in [2.24, 2.45) is 0 Å². The van der Waals surface area contributed by atoms with Crippen molar-refractivity contribution >= 4 is 17.3 Å². The molecule has 1 aliphatic rings. The predicted molar refractivity (Wildman–Crippen MR) is 102 cm³/mol. The maximum absolute atomic E-state index is 6.25. The lowest BCUT2D eigenvalue weighted by atomic mass is 9.93. The van der Waals surface area contributed by atoms with Gasteiger partial charge in [0.25, 0.3) is 0 Å². The lowest BCUT2D eigenvalue weighted by Gasteiger charge is -2.35. The number of halogens is 1. The number of methoxy groups -OCH3 is 1. The molecule has 2 atom stereocenters. The molecule has 0 saturated carbocycles. The first-order chi connectivity index (χ1) is 12.2. The average Bonchev–Trinajstić information content (AvgIpc) is 2.68. The molecular weight excluding hydrogens is 332 g/mol. The normalized spacial score (nSPS) is 19.0. The summed E-state index contributed by atoms with van der Waals surface area (Å²) >= 11 is 6.25. The van der Waals surface area contributed by atoms with Crippen LogP contribution >= 0.6 is 11.6 Å². The fourth-order valence-corrected chi connectivity index (χ4v) is 3.44. The van der Waals surface area contributed by atoms with Crippen LogP contribution in [0, 0.1) is 0 Å². The number of hydrogen-bond donors (Lipinski definition) is 2. The third kappa shape index (κ3) is 3.21. The van der Waals surface area contributed by atoms with Crippen molar-refractivity contribution in [1.82, 2.24) is 5.32 Å². The van der Waals surface area contributed by atoms with Gasteiger partial charge in [0, 0.05) is 10.7 Å². The molecule has 3 nitrogen and oxygen atoms in total. The third-order valence-corrected chi connectivity index (χ3v) is 4.77. The Kier molecular flexibility index (Phi) is 4.35. The van der Waals surface area contributed by atoms with Crippen LogP contribution in [0.5, 0.6) is 5.75 Å². The van der Waals surface area contributed by atoms with Crippen LogP contribution in [-0.4, -0.2) is 7.11 Å². The van der Waals surface area contributed by atoms with Crippen LogP contribution < -0.4 is 15.4 Å². The monoisotopic (exact) mass is 350 g/mol. The minimum Gasteiger partial charge on any atom is -0.497 e. The maximum atomic E-state index is 6.25. The Morgan fingerprint density at radius 2 is 1.64 bits per heavy atom. The first kappa shape index (κ1) is 16.0. The topological polar surface area (TPSA) is 33.3 Å². The summed E-state index contributed by atoms with van der Waals surface area (Å²) in [4.78, 5) is 0. The minimum absolute atomic E-state index is 0.00443. The van der Waals surface area contributed by atoms with E-state index >= 15 is 0 Å². The van der Waals surface area contributed by atoms with E-state index in [1.165, 1.54) is 5.56 Å². The van der Waals surface area contributed by atoms with Crippen LogP contribution in [0.25, 0.3) is 0 Å². The molecular formula is C21H19ClN2O. The summed E-state index contributed by atoms with van der Waals surface area (Å²) < 4.78 is 5.26. The summed E-state index contributed by atoms with van der Waals surface area (Å²) in [6.07, 6.45) is 0.00443. The van der Waals surface area contributed by atoms with Crippen LogP contribution in [0.2, 0.25) is 5.02 Å². The zero-order valence-electron chi connectivity index (χ0n) is 13.9. The minimum atomic E-state index is 0.00443.